The summed E-state index contributed by atoms with van der Waals surface area (Å²) in [7, 11) is 1.80. The molecule has 108 valence electrons. The smallest absolute Gasteiger partial charge is 0.255 e. The average molecular weight is 275 g/mol. The molecule has 20 heavy (non-hydrogen) atoms. The first kappa shape index (κ1) is 13.5. The van der Waals surface area contributed by atoms with Gasteiger partial charge in [0.05, 0.1) is 24.1 Å². The number of rotatable bonds is 2. The Bertz CT molecular complexity index is 479. The van der Waals surface area contributed by atoms with Crippen LogP contribution in [0.2, 0.25) is 0 Å². The molecule has 2 heterocycles. The molecule has 0 bridgehead atoms. The second-order valence-corrected chi connectivity index (χ2v) is 5.94. The summed E-state index contributed by atoms with van der Waals surface area (Å²) >= 11 is 0. The largest absolute Gasteiger partial charge is 0.381 e. The van der Waals surface area contributed by atoms with E-state index in [0.29, 0.717) is 11.7 Å². The zero-order chi connectivity index (χ0) is 14.0. The molecule has 1 aromatic rings. The molecule has 0 radical (unpaired) electrons. The van der Waals surface area contributed by atoms with E-state index in [1.54, 1.807) is 25.6 Å². The van der Waals surface area contributed by atoms with Gasteiger partial charge in [-0.25, -0.2) is 0 Å². The Labute approximate surface area is 119 Å². The molecule has 1 saturated carbocycles. The van der Waals surface area contributed by atoms with E-state index >= 15 is 0 Å². The van der Waals surface area contributed by atoms with Crippen LogP contribution in [-0.4, -0.2) is 47.3 Å². The van der Waals surface area contributed by atoms with Gasteiger partial charge in [-0.1, -0.05) is 6.42 Å². The van der Waals surface area contributed by atoms with Gasteiger partial charge in [0.25, 0.3) is 5.91 Å². The molecule has 3 rings (SSSR count). The van der Waals surface area contributed by atoms with Crippen LogP contribution in [-0.2, 0) is 4.74 Å². The van der Waals surface area contributed by atoms with Gasteiger partial charge in [-0.05, 0) is 31.7 Å². The van der Waals surface area contributed by atoms with E-state index in [9.17, 15) is 4.79 Å². The normalized spacial score (nSPS) is 29.9. The summed E-state index contributed by atoms with van der Waals surface area (Å²) < 4.78 is 5.68. The van der Waals surface area contributed by atoms with Crippen molar-refractivity contribution in [1.29, 1.82) is 0 Å². The summed E-state index contributed by atoms with van der Waals surface area (Å²) in [6.45, 7) is 1.64. The second-order valence-electron chi connectivity index (χ2n) is 5.94. The lowest BCUT2D eigenvalue weighted by Gasteiger charge is -2.43. The molecule has 2 atom stereocenters. The third kappa shape index (κ3) is 2.30. The number of hydrogen-bond acceptors (Lipinski definition) is 4. The molecule has 1 aliphatic carbocycles. The van der Waals surface area contributed by atoms with Crippen LogP contribution >= 0.6 is 0 Å². The number of ether oxygens (including phenoxy) is 1. The standard InChI is InChI=1S/C15H21N3O2/c1-20-13-4-2-6-15(13)7-3-9-18(11-15)14(19)12-5-8-16-17-10-12/h5,8,10,13H,2-4,6-7,9,11H2,1H3/t13-,15-/m1/s1. The maximum Gasteiger partial charge on any atom is 0.255 e. The van der Waals surface area contributed by atoms with Gasteiger partial charge in [0.15, 0.2) is 0 Å². The van der Waals surface area contributed by atoms with Crippen molar-refractivity contribution < 1.29 is 9.53 Å². The van der Waals surface area contributed by atoms with Crippen molar-refractivity contribution in [2.24, 2.45) is 5.41 Å². The van der Waals surface area contributed by atoms with Gasteiger partial charge >= 0.3 is 0 Å². The van der Waals surface area contributed by atoms with E-state index in [1.807, 2.05) is 4.90 Å². The number of carbonyl (C=O) groups excluding carboxylic acids is 1. The number of carbonyl (C=O) groups is 1. The monoisotopic (exact) mass is 275 g/mol. The summed E-state index contributed by atoms with van der Waals surface area (Å²) in [5, 5.41) is 7.53. The zero-order valence-electron chi connectivity index (χ0n) is 11.9. The van der Waals surface area contributed by atoms with Crippen LogP contribution in [0.4, 0.5) is 0 Å². The topological polar surface area (TPSA) is 55.3 Å². The van der Waals surface area contributed by atoms with Crippen molar-refractivity contribution in [1.82, 2.24) is 15.1 Å². The van der Waals surface area contributed by atoms with Crippen LogP contribution in [0.25, 0.3) is 0 Å². The first-order valence-electron chi connectivity index (χ1n) is 7.34. The molecular weight excluding hydrogens is 254 g/mol. The van der Waals surface area contributed by atoms with Crippen molar-refractivity contribution in [2.45, 2.75) is 38.2 Å². The molecule has 1 aromatic heterocycles. The van der Waals surface area contributed by atoms with E-state index in [-0.39, 0.29) is 11.3 Å². The number of piperidine rings is 1. The van der Waals surface area contributed by atoms with Crippen LogP contribution in [0.3, 0.4) is 0 Å². The van der Waals surface area contributed by atoms with Gasteiger partial charge in [0.1, 0.15) is 0 Å². The molecule has 1 amide bonds. The predicted octanol–water partition coefficient (Wildman–Crippen LogP) is 1.90. The SMILES string of the molecule is CO[C@@H]1CCC[C@]12CCCN(C(=O)c1ccnnc1)C2. The lowest BCUT2D eigenvalue weighted by atomic mass is 9.76. The minimum atomic E-state index is 0.0701. The fourth-order valence-corrected chi connectivity index (χ4v) is 3.87. The van der Waals surface area contributed by atoms with E-state index in [0.717, 1.165) is 25.9 Å². The van der Waals surface area contributed by atoms with Crippen LogP contribution in [0.1, 0.15) is 42.5 Å². The van der Waals surface area contributed by atoms with Crippen LogP contribution in [0.5, 0.6) is 0 Å². The number of hydrogen-bond donors (Lipinski definition) is 0. The minimum Gasteiger partial charge on any atom is -0.381 e. The van der Waals surface area contributed by atoms with E-state index in [1.165, 1.54) is 19.3 Å². The molecule has 5 heteroatoms. The van der Waals surface area contributed by atoms with Crippen molar-refractivity contribution >= 4 is 5.91 Å². The molecule has 5 nitrogen and oxygen atoms in total. The maximum atomic E-state index is 12.6. The number of amides is 1. The number of aromatic nitrogens is 2. The second kappa shape index (κ2) is 5.48. The lowest BCUT2D eigenvalue weighted by molar-refractivity contribution is -0.0295. The number of likely N-dealkylation sites (tertiary alicyclic amines) is 1. The Kier molecular flexibility index (Phi) is 3.70. The molecule has 0 unspecified atom stereocenters. The molecule has 0 N–H and O–H groups in total. The van der Waals surface area contributed by atoms with Gasteiger partial charge in [0.2, 0.25) is 0 Å². The molecule has 0 aromatic carbocycles. The van der Waals surface area contributed by atoms with Crippen molar-refractivity contribution in [2.75, 3.05) is 20.2 Å². The molecule has 2 aliphatic rings. The van der Waals surface area contributed by atoms with Crippen molar-refractivity contribution in [3.63, 3.8) is 0 Å². The van der Waals surface area contributed by atoms with E-state index in [4.69, 9.17) is 4.74 Å². The minimum absolute atomic E-state index is 0.0701. The highest BCUT2D eigenvalue weighted by Crippen LogP contribution is 2.46. The summed E-state index contributed by atoms with van der Waals surface area (Å²) in [5.41, 5.74) is 0.798. The number of methoxy groups -OCH3 is 1. The van der Waals surface area contributed by atoms with Crippen LogP contribution in [0, 0.1) is 5.41 Å². The zero-order valence-corrected chi connectivity index (χ0v) is 11.9. The van der Waals surface area contributed by atoms with Gasteiger partial charge in [0, 0.05) is 25.6 Å². The Morgan fingerprint density at radius 2 is 2.25 bits per heavy atom. The first-order valence-corrected chi connectivity index (χ1v) is 7.34. The molecular formula is C15H21N3O2. The average Bonchev–Trinajstić information content (AvgIpc) is 2.89. The fraction of sp³-hybridized carbons (Fsp3) is 0.667. The molecule has 2 fully saturated rings. The van der Waals surface area contributed by atoms with Gasteiger partial charge in [-0.2, -0.15) is 10.2 Å². The quantitative estimate of drug-likeness (QED) is 0.827. The van der Waals surface area contributed by atoms with Crippen molar-refractivity contribution in [3.05, 3.63) is 24.0 Å². The molecule has 1 saturated heterocycles. The van der Waals surface area contributed by atoms with Crippen LogP contribution in [0.15, 0.2) is 18.5 Å². The Morgan fingerprint density at radius 1 is 1.40 bits per heavy atom. The predicted molar refractivity (Wildman–Crippen MR) is 74.3 cm³/mol. The summed E-state index contributed by atoms with van der Waals surface area (Å²) in [6.07, 6.45) is 9.14. The Morgan fingerprint density at radius 3 is 3.00 bits per heavy atom. The van der Waals surface area contributed by atoms with E-state index < -0.39 is 0 Å². The third-order valence-electron chi connectivity index (χ3n) is 4.84. The van der Waals surface area contributed by atoms with Gasteiger partial charge < -0.3 is 9.64 Å². The molecule has 1 aliphatic heterocycles. The highest BCUT2D eigenvalue weighted by molar-refractivity contribution is 5.93. The Balaban J connectivity index is 1.77. The first-order chi connectivity index (χ1) is 9.75. The fourth-order valence-electron chi connectivity index (χ4n) is 3.87. The van der Waals surface area contributed by atoms with Crippen LogP contribution < -0.4 is 0 Å². The lowest BCUT2D eigenvalue weighted by Crippen LogP contribution is -2.49. The molecule has 1 spiro atoms. The summed E-state index contributed by atoms with van der Waals surface area (Å²) in [5.74, 6) is 0.0701. The summed E-state index contributed by atoms with van der Waals surface area (Å²) in [6, 6.07) is 1.74. The summed E-state index contributed by atoms with van der Waals surface area (Å²) in [4.78, 5) is 14.5. The maximum absolute atomic E-state index is 12.6. The Hall–Kier alpha value is -1.49. The number of nitrogens with zero attached hydrogens (tertiary/aromatic N) is 3. The highest BCUT2D eigenvalue weighted by Gasteiger charge is 2.46. The van der Waals surface area contributed by atoms with Crippen molar-refractivity contribution in [3.8, 4) is 0 Å². The van der Waals surface area contributed by atoms with E-state index in [2.05, 4.69) is 10.2 Å². The van der Waals surface area contributed by atoms with Gasteiger partial charge in [-0.3, -0.25) is 4.79 Å². The third-order valence-corrected chi connectivity index (χ3v) is 4.84. The van der Waals surface area contributed by atoms with Gasteiger partial charge in [-0.15, -0.1) is 0 Å². The highest BCUT2D eigenvalue weighted by atomic mass is 16.5.